The average molecular weight is 1140 g/mol. The molecule has 0 heterocycles. The summed E-state index contributed by atoms with van der Waals surface area (Å²) in [6, 6.07) is 18.4. The van der Waals surface area contributed by atoms with E-state index in [2.05, 4.69) is 76.2 Å². The van der Waals surface area contributed by atoms with E-state index in [1.807, 2.05) is 0 Å². The largest absolute Gasteiger partial charge is 0.252 e. The van der Waals surface area contributed by atoms with Crippen LogP contribution in [0.15, 0.2) is 58.5 Å². The Morgan fingerprint density at radius 2 is 0.443 bits per heavy atom. The van der Waals surface area contributed by atoms with E-state index in [1.54, 1.807) is 0 Å². The summed E-state index contributed by atoms with van der Waals surface area (Å²) in [5, 5.41) is 0. The second-order valence-electron chi connectivity index (χ2n) is 25.1. The summed E-state index contributed by atoms with van der Waals surface area (Å²) in [6.07, 6.45) is 80.9. The molecule has 0 saturated heterocycles. The molecule has 0 amide bonds. The number of aliphatic imine (C=N–C) groups is 2. The Morgan fingerprint density at radius 1 is 0.241 bits per heavy atom. The topological polar surface area (TPSA) is 24.7 Å². The normalized spacial score (nSPS) is 12.0. The summed E-state index contributed by atoms with van der Waals surface area (Å²) in [5.74, 6) is 0. The van der Waals surface area contributed by atoms with Crippen LogP contribution < -0.4 is 0 Å². The van der Waals surface area contributed by atoms with Crippen LogP contribution in [0.4, 0.5) is 11.4 Å². The van der Waals surface area contributed by atoms with Gasteiger partial charge < -0.3 is 0 Å². The Bertz CT molecular complexity index is 1590. The molecule has 460 valence electrons. The van der Waals surface area contributed by atoms with Crippen molar-refractivity contribution in [1.82, 2.24) is 0 Å². The standard InChI is InChI=1S/C76H136N2.Ni/c1-5-9-13-16-18-20-22-24-26-28-30-32-34-36-38-40-42-44-46-48-50-52-54-56-61-71-63-59-65-73(69-71)77-75(67-12-8-4)76(68-58-15-11-7-3)78-74-66-60-64-72(70-74)62-57-55-53-51-49-47-45-43-41-39-37-35-33-31-29-27-25-23-21-19-17-14-10-6-2;/h59-60,63-66,69-70H,5-58,61-62,67-68H2,1-4H3;. The molecule has 0 bridgehead atoms. The fraction of sp³-hybridized carbons (Fsp3) is 0.816. The third-order valence-electron chi connectivity index (χ3n) is 17.4. The van der Waals surface area contributed by atoms with Crippen molar-refractivity contribution in [3.8, 4) is 0 Å². The minimum atomic E-state index is 0. The number of aryl methyl sites for hydroxylation is 2. The summed E-state index contributed by atoms with van der Waals surface area (Å²) >= 11 is 0. The number of nitrogens with zero attached hydrogens (tertiary/aromatic N) is 2. The number of hydrogen-bond donors (Lipinski definition) is 0. The van der Waals surface area contributed by atoms with Crippen LogP contribution in [0.2, 0.25) is 0 Å². The quantitative estimate of drug-likeness (QED) is 0.0358. The molecule has 0 aromatic heterocycles. The van der Waals surface area contributed by atoms with Crippen molar-refractivity contribution in [2.75, 3.05) is 0 Å². The number of unbranched alkanes of at least 4 members (excludes halogenated alkanes) is 50. The van der Waals surface area contributed by atoms with E-state index in [-0.39, 0.29) is 16.5 Å². The van der Waals surface area contributed by atoms with Crippen molar-refractivity contribution in [1.29, 1.82) is 0 Å². The van der Waals surface area contributed by atoms with Crippen LogP contribution >= 0.6 is 0 Å². The first-order chi connectivity index (χ1) is 38.7. The van der Waals surface area contributed by atoms with Crippen molar-refractivity contribution in [2.45, 2.75) is 400 Å². The molecule has 0 atom stereocenters. The van der Waals surface area contributed by atoms with Gasteiger partial charge in [-0.05, 0) is 86.8 Å². The Labute approximate surface area is 506 Å². The first-order valence-electron chi connectivity index (χ1n) is 36.0. The maximum absolute atomic E-state index is 5.46. The van der Waals surface area contributed by atoms with Gasteiger partial charge in [0.1, 0.15) is 0 Å². The zero-order valence-electron chi connectivity index (χ0n) is 53.8. The summed E-state index contributed by atoms with van der Waals surface area (Å²) in [6.45, 7) is 9.25. The molecule has 0 N–H and O–H groups in total. The summed E-state index contributed by atoms with van der Waals surface area (Å²) < 4.78 is 0. The Hall–Kier alpha value is -1.73. The molecule has 2 aromatic rings. The smallest absolute Gasteiger partial charge is 0.0636 e. The summed E-state index contributed by atoms with van der Waals surface area (Å²) in [7, 11) is 0. The maximum atomic E-state index is 5.46. The number of benzene rings is 2. The van der Waals surface area contributed by atoms with E-state index in [9.17, 15) is 0 Å². The van der Waals surface area contributed by atoms with E-state index >= 15 is 0 Å². The third kappa shape index (κ3) is 49.4. The SMILES string of the molecule is CCCCCCCCCCCCCCCCCCCCCCCCCCc1cccc(N=C(CCCC)C(CCCCCC)=Nc2cccc(CCCCCCCCCCCCCCCCCCCCCCCCCC)c2)c1.[Ni]. The van der Waals surface area contributed by atoms with Crippen LogP contribution in [0.1, 0.15) is 398 Å². The van der Waals surface area contributed by atoms with Gasteiger partial charge in [-0.15, -0.1) is 0 Å². The minimum absolute atomic E-state index is 0. The van der Waals surface area contributed by atoms with Crippen LogP contribution in [0.25, 0.3) is 0 Å². The molecule has 3 heteroatoms. The van der Waals surface area contributed by atoms with Gasteiger partial charge >= 0.3 is 0 Å². The zero-order chi connectivity index (χ0) is 55.5. The number of rotatable bonds is 61. The van der Waals surface area contributed by atoms with Crippen LogP contribution in [-0.2, 0) is 29.3 Å². The first kappa shape index (κ1) is 75.3. The van der Waals surface area contributed by atoms with E-state index < -0.39 is 0 Å². The third-order valence-corrected chi connectivity index (χ3v) is 17.4. The van der Waals surface area contributed by atoms with Gasteiger partial charge in [0, 0.05) is 16.5 Å². The predicted molar refractivity (Wildman–Crippen MR) is 356 cm³/mol. The number of hydrogen-bond acceptors (Lipinski definition) is 2. The van der Waals surface area contributed by atoms with E-state index in [4.69, 9.17) is 9.98 Å². The van der Waals surface area contributed by atoms with Crippen molar-refractivity contribution >= 4 is 22.8 Å². The average Bonchev–Trinajstić information content (AvgIpc) is 3.46. The van der Waals surface area contributed by atoms with E-state index in [0.29, 0.717) is 0 Å². The second kappa shape index (κ2) is 60.9. The molecule has 0 saturated carbocycles. The molecule has 0 radical (unpaired) electrons. The fourth-order valence-electron chi connectivity index (χ4n) is 12.1. The van der Waals surface area contributed by atoms with Crippen molar-refractivity contribution in [2.24, 2.45) is 9.98 Å². The second-order valence-corrected chi connectivity index (χ2v) is 25.1. The van der Waals surface area contributed by atoms with Gasteiger partial charge in [-0.2, -0.15) is 0 Å². The molecule has 0 unspecified atom stereocenters. The van der Waals surface area contributed by atoms with Gasteiger partial charge in [0.15, 0.2) is 0 Å². The molecule has 0 aliphatic heterocycles. The molecular formula is C76H136N2Ni. The molecule has 79 heavy (non-hydrogen) atoms. The van der Waals surface area contributed by atoms with Gasteiger partial charge in [0.25, 0.3) is 0 Å². The predicted octanol–water partition coefficient (Wildman–Crippen LogP) is 27.5. The summed E-state index contributed by atoms with van der Waals surface area (Å²) in [4.78, 5) is 10.9. The van der Waals surface area contributed by atoms with Crippen LogP contribution in [-0.4, -0.2) is 11.4 Å². The van der Waals surface area contributed by atoms with Crippen molar-refractivity contribution in [3.05, 3.63) is 59.7 Å². The van der Waals surface area contributed by atoms with Gasteiger partial charge in [0.05, 0.1) is 22.8 Å². The monoisotopic (exact) mass is 1140 g/mol. The summed E-state index contributed by atoms with van der Waals surface area (Å²) in [5.41, 5.74) is 7.57. The van der Waals surface area contributed by atoms with Crippen LogP contribution in [0.3, 0.4) is 0 Å². The molecule has 0 fully saturated rings. The molecule has 2 rings (SSSR count). The first-order valence-corrected chi connectivity index (χ1v) is 36.0. The van der Waals surface area contributed by atoms with Crippen molar-refractivity contribution < 1.29 is 16.5 Å². The fourth-order valence-corrected chi connectivity index (χ4v) is 12.1. The Balaban J connectivity index is 0.0000312. The molecule has 0 aliphatic carbocycles. The van der Waals surface area contributed by atoms with Crippen LogP contribution in [0.5, 0.6) is 0 Å². The van der Waals surface area contributed by atoms with Gasteiger partial charge in [-0.1, -0.05) is 373 Å². The van der Waals surface area contributed by atoms with Crippen molar-refractivity contribution in [3.63, 3.8) is 0 Å². The maximum Gasteiger partial charge on any atom is 0.0636 e. The zero-order valence-corrected chi connectivity index (χ0v) is 54.8. The minimum Gasteiger partial charge on any atom is -0.252 e. The molecule has 2 aromatic carbocycles. The van der Waals surface area contributed by atoms with Crippen LogP contribution in [0, 0.1) is 0 Å². The Morgan fingerprint density at radius 3 is 0.684 bits per heavy atom. The van der Waals surface area contributed by atoms with E-state index in [0.717, 1.165) is 43.5 Å². The molecule has 0 aliphatic rings. The molecule has 2 nitrogen and oxygen atoms in total. The van der Waals surface area contributed by atoms with Gasteiger partial charge in [-0.3, -0.25) is 9.98 Å². The van der Waals surface area contributed by atoms with Gasteiger partial charge in [-0.25, -0.2) is 0 Å². The molecule has 0 spiro atoms. The van der Waals surface area contributed by atoms with Gasteiger partial charge in [0.2, 0.25) is 0 Å². The molecular weight excluding hydrogens is 1000 g/mol. The van der Waals surface area contributed by atoms with E-state index in [1.165, 1.54) is 363 Å². The Kier molecular flexibility index (Phi) is 58.0.